The molecular formula is C37H74N2O. The molecule has 1 rings (SSSR count). The van der Waals surface area contributed by atoms with E-state index in [2.05, 4.69) is 18.7 Å². The highest BCUT2D eigenvalue weighted by molar-refractivity contribution is 5.83. The van der Waals surface area contributed by atoms with E-state index in [9.17, 15) is 0 Å². The van der Waals surface area contributed by atoms with E-state index in [0.29, 0.717) is 0 Å². The summed E-state index contributed by atoms with van der Waals surface area (Å²) < 4.78 is 5.98. The Kier molecular flexibility index (Phi) is 29.4. The van der Waals surface area contributed by atoms with Crippen molar-refractivity contribution >= 4 is 5.84 Å². The minimum absolute atomic E-state index is 0.871. The van der Waals surface area contributed by atoms with Gasteiger partial charge in [0.1, 0.15) is 0 Å². The van der Waals surface area contributed by atoms with Crippen molar-refractivity contribution in [2.24, 2.45) is 4.99 Å². The van der Waals surface area contributed by atoms with Crippen molar-refractivity contribution in [1.82, 2.24) is 4.90 Å². The second-order valence-corrected chi connectivity index (χ2v) is 12.8. The minimum atomic E-state index is 0.871. The van der Waals surface area contributed by atoms with E-state index >= 15 is 0 Å². The Labute approximate surface area is 253 Å². The lowest BCUT2D eigenvalue weighted by atomic mass is 10.0. The van der Waals surface area contributed by atoms with Crippen LogP contribution in [0.5, 0.6) is 0 Å². The first kappa shape index (κ1) is 37.5. The number of aliphatic imine (C=N–C) groups is 1. The van der Waals surface area contributed by atoms with Crippen LogP contribution in [0.1, 0.15) is 200 Å². The molecule has 238 valence electrons. The summed E-state index contributed by atoms with van der Waals surface area (Å²) in [7, 11) is 0. The third kappa shape index (κ3) is 25.2. The van der Waals surface area contributed by atoms with Gasteiger partial charge in [0.2, 0.25) is 0 Å². The van der Waals surface area contributed by atoms with Gasteiger partial charge in [-0.2, -0.15) is 0 Å². The Balaban J connectivity index is 1.78. The molecule has 1 heterocycles. The molecule has 40 heavy (non-hydrogen) atoms. The van der Waals surface area contributed by atoms with Crippen LogP contribution in [0.25, 0.3) is 0 Å². The summed E-state index contributed by atoms with van der Waals surface area (Å²) >= 11 is 0. The van der Waals surface area contributed by atoms with E-state index in [-0.39, 0.29) is 0 Å². The molecule has 0 aliphatic carbocycles. The molecule has 0 fully saturated rings. The van der Waals surface area contributed by atoms with Crippen molar-refractivity contribution < 1.29 is 4.74 Å². The highest BCUT2D eigenvalue weighted by Crippen LogP contribution is 2.16. The van der Waals surface area contributed by atoms with Crippen LogP contribution in [-0.2, 0) is 4.74 Å². The summed E-state index contributed by atoms with van der Waals surface area (Å²) in [5.74, 6) is 1.36. The van der Waals surface area contributed by atoms with Crippen LogP contribution in [0, 0.1) is 0 Å². The molecular weight excluding hydrogens is 488 g/mol. The minimum Gasteiger partial charge on any atom is -0.380 e. The number of nitrogens with zero attached hydrogens (tertiary/aromatic N) is 2. The average molecular weight is 563 g/mol. The van der Waals surface area contributed by atoms with Crippen LogP contribution in [0.2, 0.25) is 0 Å². The molecule has 0 spiro atoms. The second kappa shape index (κ2) is 31.4. The molecule has 3 nitrogen and oxygen atoms in total. The smallest absolute Gasteiger partial charge is 0.0991 e. The predicted octanol–water partition coefficient (Wildman–Crippen LogP) is 12.1. The highest BCUT2D eigenvalue weighted by atomic mass is 16.5. The largest absolute Gasteiger partial charge is 0.380 e. The zero-order valence-electron chi connectivity index (χ0n) is 27.8. The van der Waals surface area contributed by atoms with Crippen molar-refractivity contribution in [3.8, 4) is 0 Å². The standard InChI is InChI=1S/C37H74N2O/c1-3-5-7-9-11-13-15-17-18-19-20-22-24-26-28-30-35-40-36-34-39-33-32-38-37(39)31-29-27-25-23-21-16-14-12-10-8-6-4-2/h3-36H2,1-2H3. The fraction of sp³-hybridized carbons (Fsp3) is 0.973. The SMILES string of the molecule is CCCCCCCCCCCCCCCCCCOCCN1CCN=C1CCCCCCCCCCCCCC. The van der Waals surface area contributed by atoms with E-state index in [1.54, 1.807) is 0 Å². The van der Waals surface area contributed by atoms with Gasteiger partial charge in [-0.05, 0) is 12.8 Å². The Morgan fingerprint density at radius 2 is 0.850 bits per heavy atom. The Morgan fingerprint density at radius 3 is 1.27 bits per heavy atom. The van der Waals surface area contributed by atoms with Gasteiger partial charge >= 0.3 is 0 Å². The number of ether oxygens (including phenoxy) is 1. The lowest BCUT2D eigenvalue weighted by Crippen LogP contribution is -2.31. The van der Waals surface area contributed by atoms with Crippen molar-refractivity contribution in [1.29, 1.82) is 0 Å². The average Bonchev–Trinajstić information content (AvgIpc) is 3.42. The maximum Gasteiger partial charge on any atom is 0.0991 e. The van der Waals surface area contributed by atoms with Gasteiger partial charge in [0.05, 0.1) is 19.0 Å². The monoisotopic (exact) mass is 563 g/mol. The number of hydrogen-bond donors (Lipinski definition) is 0. The number of unbranched alkanes of at least 4 members (excludes halogenated alkanes) is 26. The second-order valence-electron chi connectivity index (χ2n) is 12.8. The molecule has 0 radical (unpaired) electrons. The summed E-state index contributed by atoms with van der Waals surface area (Å²) in [6.45, 7) is 9.55. The highest BCUT2D eigenvalue weighted by Gasteiger charge is 2.15. The van der Waals surface area contributed by atoms with Crippen LogP contribution in [0.15, 0.2) is 4.99 Å². The van der Waals surface area contributed by atoms with E-state index in [0.717, 1.165) is 32.8 Å². The van der Waals surface area contributed by atoms with Crippen molar-refractivity contribution in [2.75, 3.05) is 32.8 Å². The molecule has 0 aromatic rings. The molecule has 0 atom stereocenters. The number of amidine groups is 1. The first-order chi connectivity index (χ1) is 19.9. The van der Waals surface area contributed by atoms with Crippen molar-refractivity contribution in [3.05, 3.63) is 0 Å². The van der Waals surface area contributed by atoms with E-state index < -0.39 is 0 Å². The topological polar surface area (TPSA) is 24.8 Å². The summed E-state index contributed by atoms with van der Waals surface area (Å²) in [4.78, 5) is 7.29. The first-order valence-corrected chi connectivity index (χ1v) is 18.7. The molecule has 0 bridgehead atoms. The number of rotatable bonds is 33. The Hall–Kier alpha value is -0.570. The van der Waals surface area contributed by atoms with Gasteiger partial charge in [-0.25, -0.2) is 0 Å². The van der Waals surface area contributed by atoms with Crippen LogP contribution >= 0.6 is 0 Å². The van der Waals surface area contributed by atoms with Crippen molar-refractivity contribution in [2.45, 2.75) is 200 Å². The third-order valence-corrected chi connectivity index (χ3v) is 8.93. The maximum absolute atomic E-state index is 5.98. The lowest BCUT2D eigenvalue weighted by molar-refractivity contribution is 0.118. The van der Waals surface area contributed by atoms with Crippen LogP contribution in [0.4, 0.5) is 0 Å². The molecule has 0 aromatic heterocycles. The van der Waals surface area contributed by atoms with Gasteiger partial charge in [-0.3, -0.25) is 4.99 Å². The van der Waals surface area contributed by atoms with E-state index in [1.165, 1.54) is 192 Å². The third-order valence-electron chi connectivity index (χ3n) is 8.93. The molecule has 1 aliphatic rings. The molecule has 1 aliphatic heterocycles. The van der Waals surface area contributed by atoms with Gasteiger partial charge in [0.15, 0.2) is 0 Å². The molecule has 0 aromatic carbocycles. The van der Waals surface area contributed by atoms with E-state index in [1.807, 2.05) is 0 Å². The molecule has 0 N–H and O–H groups in total. The quantitative estimate of drug-likeness (QED) is 0.0743. The van der Waals surface area contributed by atoms with Gasteiger partial charge in [0.25, 0.3) is 0 Å². The van der Waals surface area contributed by atoms with Crippen LogP contribution in [-0.4, -0.2) is 43.6 Å². The lowest BCUT2D eigenvalue weighted by Gasteiger charge is -2.20. The first-order valence-electron chi connectivity index (χ1n) is 18.7. The van der Waals surface area contributed by atoms with Gasteiger partial charge < -0.3 is 9.64 Å². The van der Waals surface area contributed by atoms with Gasteiger partial charge in [-0.1, -0.05) is 181 Å². The Bertz CT molecular complexity index is 520. The summed E-state index contributed by atoms with van der Waals surface area (Å²) in [5, 5.41) is 0. The van der Waals surface area contributed by atoms with Gasteiger partial charge in [-0.15, -0.1) is 0 Å². The summed E-state index contributed by atoms with van der Waals surface area (Å²) in [6, 6.07) is 0. The zero-order chi connectivity index (χ0) is 28.6. The van der Waals surface area contributed by atoms with Gasteiger partial charge in [0, 0.05) is 26.1 Å². The molecule has 0 saturated heterocycles. The summed E-state index contributed by atoms with van der Waals surface area (Å²) in [6.07, 6.45) is 41.0. The molecule has 0 amide bonds. The van der Waals surface area contributed by atoms with E-state index in [4.69, 9.17) is 9.73 Å². The molecule has 3 heteroatoms. The fourth-order valence-corrected chi connectivity index (χ4v) is 6.16. The summed E-state index contributed by atoms with van der Waals surface area (Å²) in [5.41, 5.74) is 0. The Morgan fingerprint density at radius 1 is 0.475 bits per heavy atom. The maximum atomic E-state index is 5.98. The fourth-order valence-electron chi connectivity index (χ4n) is 6.16. The molecule has 0 unspecified atom stereocenters. The normalized spacial score (nSPS) is 13.4. The zero-order valence-corrected chi connectivity index (χ0v) is 27.8. The predicted molar refractivity (Wildman–Crippen MR) is 180 cm³/mol. The van der Waals surface area contributed by atoms with Crippen LogP contribution in [0.3, 0.4) is 0 Å². The number of hydrogen-bond acceptors (Lipinski definition) is 3. The molecule has 0 saturated carbocycles. The van der Waals surface area contributed by atoms with Crippen molar-refractivity contribution in [3.63, 3.8) is 0 Å². The van der Waals surface area contributed by atoms with Crippen LogP contribution < -0.4 is 0 Å².